The van der Waals surface area contributed by atoms with Crippen molar-refractivity contribution in [2.24, 2.45) is 5.73 Å². The minimum atomic E-state index is 0.00145. The number of nitrogens with two attached hydrogens (primary N) is 1. The molecule has 2 N–H and O–H groups in total. The Labute approximate surface area is 115 Å². The molecular formula is C14H13BrClN. The van der Waals surface area contributed by atoms with Crippen molar-refractivity contribution in [3.05, 3.63) is 69.2 Å². The lowest BCUT2D eigenvalue weighted by Crippen LogP contribution is -2.13. The number of benzene rings is 2. The van der Waals surface area contributed by atoms with E-state index in [1.807, 2.05) is 36.4 Å². The molecule has 0 aliphatic heterocycles. The first kappa shape index (κ1) is 12.6. The summed E-state index contributed by atoms with van der Waals surface area (Å²) in [6.07, 6.45) is 0.821. The molecule has 0 saturated heterocycles. The second-order valence-corrected chi connectivity index (χ2v) is 5.34. The molecule has 3 heteroatoms. The average Bonchev–Trinajstić information content (AvgIpc) is 2.29. The second-order valence-electron chi connectivity index (χ2n) is 3.99. The fourth-order valence-electron chi connectivity index (χ4n) is 1.75. The van der Waals surface area contributed by atoms with E-state index in [1.165, 1.54) is 5.56 Å². The molecular weight excluding hydrogens is 298 g/mol. The average molecular weight is 311 g/mol. The lowest BCUT2D eigenvalue weighted by molar-refractivity contribution is 0.722. The molecule has 0 aliphatic rings. The van der Waals surface area contributed by atoms with Crippen molar-refractivity contribution in [2.75, 3.05) is 0 Å². The largest absolute Gasteiger partial charge is 0.324 e. The van der Waals surface area contributed by atoms with Gasteiger partial charge in [0.25, 0.3) is 0 Å². The standard InChI is InChI=1S/C14H13BrClN/c15-12-3-1-2-10(8-12)9-14(17)11-4-6-13(16)7-5-11/h1-8,14H,9,17H2. The number of hydrogen-bond acceptors (Lipinski definition) is 1. The van der Waals surface area contributed by atoms with Crippen LogP contribution in [0.25, 0.3) is 0 Å². The van der Waals surface area contributed by atoms with Gasteiger partial charge in [-0.25, -0.2) is 0 Å². The van der Waals surface area contributed by atoms with Gasteiger partial charge in [-0.1, -0.05) is 51.8 Å². The summed E-state index contributed by atoms with van der Waals surface area (Å²) < 4.78 is 1.08. The molecule has 0 fully saturated rings. The fourth-order valence-corrected chi connectivity index (χ4v) is 2.32. The summed E-state index contributed by atoms with van der Waals surface area (Å²) in [7, 11) is 0. The number of halogens is 2. The predicted octanol–water partition coefficient (Wildman–Crippen LogP) is 4.35. The van der Waals surface area contributed by atoms with E-state index >= 15 is 0 Å². The zero-order valence-corrected chi connectivity index (χ0v) is 11.6. The SMILES string of the molecule is NC(Cc1cccc(Br)c1)c1ccc(Cl)cc1. The molecule has 0 aromatic heterocycles. The number of rotatable bonds is 3. The molecule has 1 nitrogen and oxygen atoms in total. The molecule has 0 saturated carbocycles. The van der Waals surface area contributed by atoms with Crippen LogP contribution >= 0.6 is 27.5 Å². The van der Waals surface area contributed by atoms with Crippen LogP contribution in [0.1, 0.15) is 17.2 Å². The molecule has 2 rings (SSSR count). The van der Waals surface area contributed by atoms with Crippen molar-refractivity contribution in [3.63, 3.8) is 0 Å². The molecule has 17 heavy (non-hydrogen) atoms. The molecule has 0 radical (unpaired) electrons. The van der Waals surface area contributed by atoms with Gasteiger partial charge in [0.2, 0.25) is 0 Å². The molecule has 0 amide bonds. The van der Waals surface area contributed by atoms with E-state index in [1.54, 1.807) is 0 Å². The highest BCUT2D eigenvalue weighted by molar-refractivity contribution is 9.10. The summed E-state index contributed by atoms with van der Waals surface area (Å²) in [6.45, 7) is 0. The topological polar surface area (TPSA) is 26.0 Å². The highest BCUT2D eigenvalue weighted by Gasteiger charge is 2.07. The third-order valence-electron chi connectivity index (χ3n) is 2.64. The minimum absolute atomic E-state index is 0.00145. The third kappa shape index (κ3) is 3.56. The van der Waals surface area contributed by atoms with E-state index in [0.717, 1.165) is 21.5 Å². The molecule has 0 heterocycles. The predicted molar refractivity (Wildman–Crippen MR) is 76.2 cm³/mol. The minimum Gasteiger partial charge on any atom is -0.324 e. The fraction of sp³-hybridized carbons (Fsp3) is 0.143. The summed E-state index contributed by atoms with van der Waals surface area (Å²) in [5, 5.41) is 0.739. The van der Waals surface area contributed by atoms with Gasteiger partial charge in [0.15, 0.2) is 0 Å². The molecule has 0 aliphatic carbocycles. The van der Waals surface area contributed by atoms with Crippen molar-refractivity contribution in [2.45, 2.75) is 12.5 Å². The lowest BCUT2D eigenvalue weighted by Gasteiger charge is -2.12. The van der Waals surface area contributed by atoms with Crippen LogP contribution in [0.15, 0.2) is 53.0 Å². The summed E-state index contributed by atoms with van der Waals surface area (Å²) in [5.41, 5.74) is 8.50. The normalized spacial score (nSPS) is 12.4. The molecule has 2 aromatic rings. The highest BCUT2D eigenvalue weighted by atomic mass is 79.9. The van der Waals surface area contributed by atoms with Crippen LogP contribution in [-0.2, 0) is 6.42 Å². The first-order valence-corrected chi connectivity index (χ1v) is 6.58. The molecule has 88 valence electrons. The van der Waals surface area contributed by atoms with Gasteiger partial charge < -0.3 is 5.73 Å². The van der Waals surface area contributed by atoms with Gasteiger partial charge in [-0.15, -0.1) is 0 Å². The van der Waals surface area contributed by atoms with Gasteiger partial charge in [0.1, 0.15) is 0 Å². The van der Waals surface area contributed by atoms with Crippen molar-refractivity contribution >= 4 is 27.5 Å². The van der Waals surface area contributed by atoms with Crippen LogP contribution in [0, 0.1) is 0 Å². The first-order valence-electron chi connectivity index (χ1n) is 5.40. The Balaban J connectivity index is 2.11. The third-order valence-corrected chi connectivity index (χ3v) is 3.39. The van der Waals surface area contributed by atoms with Crippen LogP contribution < -0.4 is 5.73 Å². The van der Waals surface area contributed by atoms with E-state index in [0.29, 0.717) is 0 Å². The van der Waals surface area contributed by atoms with Crippen LogP contribution in [-0.4, -0.2) is 0 Å². The Hall–Kier alpha value is -0.830. The lowest BCUT2D eigenvalue weighted by atomic mass is 10.00. The Bertz CT molecular complexity index is 496. The van der Waals surface area contributed by atoms with E-state index in [2.05, 4.69) is 28.1 Å². The van der Waals surface area contributed by atoms with Crippen molar-refractivity contribution < 1.29 is 0 Å². The van der Waals surface area contributed by atoms with Crippen LogP contribution in [0.2, 0.25) is 5.02 Å². The van der Waals surface area contributed by atoms with Gasteiger partial charge in [0.05, 0.1) is 0 Å². The maximum Gasteiger partial charge on any atom is 0.0406 e. The monoisotopic (exact) mass is 309 g/mol. The molecule has 0 spiro atoms. The molecule has 1 unspecified atom stereocenters. The Kier molecular flexibility index (Phi) is 4.21. The van der Waals surface area contributed by atoms with Crippen LogP contribution in [0.3, 0.4) is 0 Å². The van der Waals surface area contributed by atoms with Gasteiger partial charge in [-0.3, -0.25) is 0 Å². The van der Waals surface area contributed by atoms with E-state index in [-0.39, 0.29) is 6.04 Å². The second kappa shape index (κ2) is 5.67. The zero-order valence-electron chi connectivity index (χ0n) is 9.24. The Morgan fingerprint density at radius 1 is 1.12 bits per heavy atom. The van der Waals surface area contributed by atoms with E-state index in [4.69, 9.17) is 17.3 Å². The molecule has 1 atom stereocenters. The first-order chi connectivity index (χ1) is 8.15. The maximum atomic E-state index is 6.17. The van der Waals surface area contributed by atoms with Gasteiger partial charge >= 0.3 is 0 Å². The molecule has 2 aromatic carbocycles. The maximum absolute atomic E-state index is 6.17. The quantitative estimate of drug-likeness (QED) is 0.896. The van der Waals surface area contributed by atoms with Crippen molar-refractivity contribution in [1.82, 2.24) is 0 Å². The molecule has 0 bridgehead atoms. The zero-order chi connectivity index (χ0) is 12.3. The van der Waals surface area contributed by atoms with E-state index < -0.39 is 0 Å². The van der Waals surface area contributed by atoms with Gasteiger partial charge in [0, 0.05) is 15.5 Å². The Morgan fingerprint density at radius 3 is 2.47 bits per heavy atom. The highest BCUT2D eigenvalue weighted by Crippen LogP contribution is 2.20. The van der Waals surface area contributed by atoms with Crippen molar-refractivity contribution in [1.29, 1.82) is 0 Å². The van der Waals surface area contributed by atoms with Crippen LogP contribution in [0.5, 0.6) is 0 Å². The van der Waals surface area contributed by atoms with E-state index in [9.17, 15) is 0 Å². The summed E-state index contributed by atoms with van der Waals surface area (Å²) in [5.74, 6) is 0. The van der Waals surface area contributed by atoms with Crippen LogP contribution in [0.4, 0.5) is 0 Å². The van der Waals surface area contributed by atoms with Gasteiger partial charge in [-0.2, -0.15) is 0 Å². The smallest absolute Gasteiger partial charge is 0.0406 e. The number of hydrogen-bond donors (Lipinski definition) is 1. The summed E-state index contributed by atoms with van der Waals surface area (Å²) in [6, 6.07) is 15.9. The summed E-state index contributed by atoms with van der Waals surface area (Å²) in [4.78, 5) is 0. The Morgan fingerprint density at radius 2 is 1.82 bits per heavy atom. The van der Waals surface area contributed by atoms with Crippen molar-refractivity contribution in [3.8, 4) is 0 Å². The van der Waals surface area contributed by atoms with Gasteiger partial charge in [-0.05, 0) is 41.8 Å². The summed E-state index contributed by atoms with van der Waals surface area (Å²) >= 11 is 9.31.